The zero-order valence-electron chi connectivity index (χ0n) is 16.3. The van der Waals surface area contributed by atoms with Gasteiger partial charge in [-0.3, -0.25) is 4.79 Å². The molecule has 2 heterocycles. The first-order valence-electron chi connectivity index (χ1n) is 9.47. The van der Waals surface area contributed by atoms with Crippen LogP contribution in [-0.2, 0) is 0 Å². The van der Waals surface area contributed by atoms with Gasteiger partial charge in [0.25, 0.3) is 5.91 Å². The van der Waals surface area contributed by atoms with E-state index in [1.807, 2.05) is 49.1 Å². The van der Waals surface area contributed by atoms with Gasteiger partial charge in [-0.25, -0.2) is 4.39 Å². The van der Waals surface area contributed by atoms with E-state index < -0.39 is 0 Å². The Morgan fingerprint density at radius 2 is 1.96 bits per heavy atom. The van der Waals surface area contributed by atoms with Crippen LogP contribution in [-0.4, -0.2) is 48.6 Å². The highest BCUT2D eigenvalue weighted by Crippen LogP contribution is 2.30. The van der Waals surface area contributed by atoms with E-state index in [0.717, 1.165) is 22.4 Å². The molecule has 0 spiro atoms. The number of benzene rings is 2. The van der Waals surface area contributed by atoms with Gasteiger partial charge in [0.15, 0.2) is 0 Å². The number of piperazine rings is 1. The molecule has 3 aromatic rings. The predicted molar refractivity (Wildman–Crippen MR) is 109 cm³/mol. The van der Waals surface area contributed by atoms with Gasteiger partial charge in [0, 0.05) is 31.1 Å². The van der Waals surface area contributed by atoms with E-state index in [1.165, 1.54) is 6.07 Å². The van der Waals surface area contributed by atoms with Crippen molar-refractivity contribution in [2.75, 3.05) is 31.6 Å². The Hall–Kier alpha value is -3.02. The second kappa shape index (κ2) is 7.19. The van der Waals surface area contributed by atoms with Crippen molar-refractivity contribution in [1.82, 2.24) is 9.88 Å². The Balaban J connectivity index is 1.58. The summed E-state index contributed by atoms with van der Waals surface area (Å²) >= 11 is 0. The topological polar surface area (TPSA) is 48.6 Å². The standard InChI is InChI=1S/C22H24FN3O2/c1-14-13-25(18-9-4-5-10-19(18)28-3)11-12-26(14)22(27)20-15(2)16-7-6-8-17(23)21(16)24-20/h4-10,14,24H,11-13H2,1-3H3/t14-/m1/s1. The lowest BCUT2D eigenvalue weighted by atomic mass is 10.1. The molecule has 6 heteroatoms. The fourth-order valence-electron chi connectivity index (χ4n) is 4.04. The lowest BCUT2D eigenvalue weighted by Gasteiger charge is -2.41. The third kappa shape index (κ3) is 2.99. The number of para-hydroxylation sites is 3. The number of hydrogen-bond donors (Lipinski definition) is 1. The Morgan fingerprint density at radius 1 is 1.18 bits per heavy atom. The molecule has 2 aromatic carbocycles. The number of halogens is 1. The van der Waals surface area contributed by atoms with Crippen LogP contribution < -0.4 is 9.64 Å². The van der Waals surface area contributed by atoms with E-state index in [-0.39, 0.29) is 17.8 Å². The number of aromatic nitrogens is 1. The van der Waals surface area contributed by atoms with Crippen LogP contribution in [0.15, 0.2) is 42.5 Å². The maximum absolute atomic E-state index is 14.1. The van der Waals surface area contributed by atoms with Crippen molar-refractivity contribution in [3.63, 3.8) is 0 Å². The predicted octanol–water partition coefficient (Wildman–Crippen LogP) is 3.97. The van der Waals surface area contributed by atoms with Gasteiger partial charge in [0.05, 0.1) is 18.3 Å². The van der Waals surface area contributed by atoms with Crippen LogP contribution in [0.5, 0.6) is 5.75 Å². The molecule has 0 unspecified atom stereocenters. The molecule has 146 valence electrons. The SMILES string of the molecule is COc1ccccc1N1CCN(C(=O)c2[nH]c3c(F)cccc3c2C)[C@H](C)C1. The summed E-state index contributed by atoms with van der Waals surface area (Å²) in [5, 5.41) is 0.753. The largest absolute Gasteiger partial charge is 0.495 e. The first-order valence-corrected chi connectivity index (χ1v) is 9.47. The number of carbonyl (C=O) groups is 1. The summed E-state index contributed by atoms with van der Waals surface area (Å²) in [6, 6.07) is 12.8. The zero-order valence-corrected chi connectivity index (χ0v) is 16.3. The average molecular weight is 381 g/mol. The van der Waals surface area contributed by atoms with Gasteiger partial charge >= 0.3 is 0 Å². The highest BCUT2D eigenvalue weighted by Gasteiger charge is 2.31. The van der Waals surface area contributed by atoms with Crippen LogP contribution in [0.2, 0.25) is 0 Å². The number of fused-ring (bicyclic) bond motifs is 1. The molecule has 0 bridgehead atoms. The van der Waals surface area contributed by atoms with Crippen molar-refractivity contribution in [3.8, 4) is 5.75 Å². The minimum atomic E-state index is -0.339. The lowest BCUT2D eigenvalue weighted by Crippen LogP contribution is -2.54. The third-order valence-electron chi connectivity index (χ3n) is 5.57. The number of carbonyl (C=O) groups excluding carboxylic acids is 1. The normalized spacial score (nSPS) is 17.2. The van der Waals surface area contributed by atoms with E-state index in [0.29, 0.717) is 30.8 Å². The maximum Gasteiger partial charge on any atom is 0.270 e. The first kappa shape index (κ1) is 18.3. The minimum Gasteiger partial charge on any atom is -0.495 e. The molecular formula is C22H24FN3O2. The summed E-state index contributed by atoms with van der Waals surface area (Å²) in [6.07, 6.45) is 0. The number of hydrogen-bond acceptors (Lipinski definition) is 3. The molecular weight excluding hydrogens is 357 g/mol. The van der Waals surface area contributed by atoms with Crippen LogP contribution >= 0.6 is 0 Å². The molecule has 1 amide bonds. The van der Waals surface area contributed by atoms with Crippen LogP contribution in [0, 0.1) is 12.7 Å². The Kier molecular flexibility index (Phi) is 4.71. The summed E-state index contributed by atoms with van der Waals surface area (Å²) in [7, 11) is 1.67. The fourth-order valence-corrected chi connectivity index (χ4v) is 4.04. The van der Waals surface area contributed by atoms with Crippen molar-refractivity contribution in [2.24, 2.45) is 0 Å². The molecule has 28 heavy (non-hydrogen) atoms. The molecule has 1 saturated heterocycles. The Labute approximate surface area is 163 Å². The molecule has 5 nitrogen and oxygen atoms in total. The van der Waals surface area contributed by atoms with Gasteiger partial charge < -0.3 is 19.5 Å². The van der Waals surface area contributed by atoms with Gasteiger partial charge in [-0.2, -0.15) is 0 Å². The number of methoxy groups -OCH3 is 1. The molecule has 1 fully saturated rings. The molecule has 0 aliphatic carbocycles. The number of rotatable bonds is 3. The van der Waals surface area contributed by atoms with Crippen LogP contribution in [0.25, 0.3) is 10.9 Å². The molecule has 0 radical (unpaired) electrons. The number of ether oxygens (including phenoxy) is 1. The minimum absolute atomic E-state index is 0.0156. The van der Waals surface area contributed by atoms with E-state index in [9.17, 15) is 9.18 Å². The lowest BCUT2D eigenvalue weighted by molar-refractivity contribution is 0.0668. The maximum atomic E-state index is 14.1. The van der Waals surface area contributed by atoms with Crippen LogP contribution in [0.1, 0.15) is 23.0 Å². The van der Waals surface area contributed by atoms with E-state index in [1.54, 1.807) is 13.2 Å². The van der Waals surface area contributed by atoms with Gasteiger partial charge in [-0.1, -0.05) is 24.3 Å². The van der Waals surface area contributed by atoms with Gasteiger partial charge in [-0.15, -0.1) is 0 Å². The van der Waals surface area contributed by atoms with E-state index in [2.05, 4.69) is 9.88 Å². The zero-order chi connectivity index (χ0) is 19.8. The summed E-state index contributed by atoms with van der Waals surface area (Å²) < 4.78 is 19.6. The monoisotopic (exact) mass is 381 g/mol. The quantitative estimate of drug-likeness (QED) is 0.747. The average Bonchev–Trinajstić information content (AvgIpc) is 3.05. The number of aryl methyl sites for hydroxylation is 1. The second-order valence-electron chi connectivity index (χ2n) is 7.25. The number of anilines is 1. The van der Waals surface area contributed by atoms with Crippen molar-refractivity contribution in [3.05, 3.63) is 59.5 Å². The van der Waals surface area contributed by atoms with Crippen molar-refractivity contribution in [1.29, 1.82) is 0 Å². The molecule has 1 aliphatic heterocycles. The van der Waals surface area contributed by atoms with E-state index in [4.69, 9.17) is 4.74 Å². The van der Waals surface area contributed by atoms with E-state index >= 15 is 0 Å². The molecule has 4 rings (SSSR count). The number of nitrogens with zero attached hydrogens (tertiary/aromatic N) is 2. The number of nitrogens with one attached hydrogen (secondary N) is 1. The first-order chi connectivity index (χ1) is 13.5. The third-order valence-corrected chi connectivity index (χ3v) is 5.57. The summed E-state index contributed by atoms with van der Waals surface area (Å²) in [4.78, 5) is 20.3. The van der Waals surface area contributed by atoms with Crippen LogP contribution in [0.3, 0.4) is 0 Å². The van der Waals surface area contributed by atoms with Crippen molar-refractivity contribution < 1.29 is 13.9 Å². The van der Waals surface area contributed by atoms with Gasteiger partial charge in [-0.05, 0) is 37.6 Å². The highest BCUT2D eigenvalue weighted by atomic mass is 19.1. The Bertz CT molecular complexity index is 1030. The fraction of sp³-hybridized carbons (Fsp3) is 0.318. The van der Waals surface area contributed by atoms with Crippen LogP contribution in [0.4, 0.5) is 10.1 Å². The van der Waals surface area contributed by atoms with Crippen molar-refractivity contribution in [2.45, 2.75) is 19.9 Å². The smallest absolute Gasteiger partial charge is 0.270 e. The molecule has 1 aromatic heterocycles. The Morgan fingerprint density at radius 3 is 2.68 bits per heavy atom. The summed E-state index contributed by atoms with van der Waals surface area (Å²) in [6.45, 7) is 5.92. The number of aromatic amines is 1. The molecule has 0 saturated carbocycles. The molecule has 1 aliphatic rings. The molecule has 1 N–H and O–H groups in total. The summed E-state index contributed by atoms with van der Waals surface area (Å²) in [5.41, 5.74) is 2.69. The second-order valence-corrected chi connectivity index (χ2v) is 7.25. The molecule has 1 atom stereocenters. The van der Waals surface area contributed by atoms with Crippen molar-refractivity contribution >= 4 is 22.5 Å². The van der Waals surface area contributed by atoms with Gasteiger partial charge in [0.1, 0.15) is 17.3 Å². The number of H-pyrrole nitrogens is 1. The van der Waals surface area contributed by atoms with Gasteiger partial charge in [0.2, 0.25) is 0 Å². The highest BCUT2D eigenvalue weighted by molar-refractivity contribution is 6.01. The number of amides is 1. The summed E-state index contributed by atoms with van der Waals surface area (Å²) in [5.74, 6) is 0.408.